The Morgan fingerprint density at radius 3 is 2.64 bits per heavy atom. The van der Waals surface area contributed by atoms with E-state index in [4.69, 9.17) is 14.6 Å². The summed E-state index contributed by atoms with van der Waals surface area (Å²) in [4.78, 5) is 23.1. The average molecular weight is 341 g/mol. The van der Waals surface area contributed by atoms with Gasteiger partial charge in [0.15, 0.2) is 11.5 Å². The van der Waals surface area contributed by atoms with E-state index in [-0.39, 0.29) is 12.3 Å². The summed E-state index contributed by atoms with van der Waals surface area (Å²) >= 11 is 0. The zero-order valence-corrected chi connectivity index (χ0v) is 13.7. The van der Waals surface area contributed by atoms with Crippen molar-refractivity contribution >= 4 is 17.6 Å². The summed E-state index contributed by atoms with van der Waals surface area (Å²) in [5.41, 5.74) is 1.96. The number of fused-ring (bicyclic) bond motifs is 1. The third-order valence-electron chi connectivity index (χ3n) is 3.82. The van der Waals surface area contributed by atoms with Crippen molar-refractivity contribution in [2.45, 2.75) is 19.3 Å². The van der Waals surface area contributed by atoms with Gasteiger partial charge in [-0.2, -0.15) is 0 Å². The van der Waals surface area contributed by atoms with Crippen molar-refractivity contribution in [3.63, 3.8) is 0 Å². The van der Waals surface area contributed by atoms with Crippen LogP contribution in [-0.2, 0) is 11.2 Å². The number of carbonyl (C=O) groups is 2. The smallest absolute Gasteiger partial charge is 0.303 e. The Morgan fingerprint density at radius 2 is 1.84 bits per heavy atom. The number of carbonyl (C=O) groups excluding carboxylic acids is 1. The van der Waals surface area contributed by atoms with Crippen LogP contribution in [0.4, 0.5) is 5.69 Å². The van der Waals surface area contributed by atoms with E-state index in [0.717, 1.165) is 12.0 Å². The van der Waals surface area contributed by atoms with Crippen LogP contribution in [0.15, 0.2) is 42.5 Å². The summed E-state index contributed by atoms with van der Waals surface area (Å²) in [5, 5.41) is 11.6. The molecule has 1 amide bonds. The Balaban J connectivity index is 1.71. The van der Waals surface area contributed by atoms with Crippen LogP contribution in [0.2, 0.25) is 0 Å². The van der Waals surface area contributed by atoms with Crippen LogP contribution < -0.4 is 14.8 Å². The third kappa shape index (κ3) is 4.50. The van der Waals surface area contributed by atoms with Gasteiger partial charge in [0.1, 0.15) is 0 Å². The van der Waals surface area contributed by atoms with E-state index in [0.29, 0.717) is 42.4 Å². The van der Waals surface area contributed by atoms with E-state index in [1.807, 2.05) is 6.07 Å². The Morgan fingerprint density at radius 1 is 1.04 bits per heavy atom. The van der Waals surface area contributed by atoms with Crippen molar-refractivity contribution in [3.8, 4) is 11.5 Å². The molecule has 130 valence electrons. The number of hydrogen-bond acceptors (Lipinski definition) is 4. The monoisotopic (exact) mass is 341 g/mol. The number of anilines is 1. The predicted octanol–water partition coefficient (Wildman–Crippen LogP) is 3.12. The third-order valence-corrected chi connectivity index (χ3v) is 3.82. The van der Waals surface area contributed by atoms with Crippen molar-refractivity contribution in [1.82, 2.24) is 0 Å². The Bertz CT molecular complexity index is 787. The summed E-state index contributed by atoms with van der Waals surface area (Å²) in [6, 6.07) is 12.3. The van der Waals surface area contributed by atoms with Gasteiger partial charge in [0.05, 0.1) is 13.2 Å². The molecule has 1 aliphatic heterocycles. The van der Waals surface area contributed by atoms with E-state index >= 15 is 0 Å². The van der Waals surface area contributed by atoms with E-state index < -0.39 is 5.97 Å². The molecule has 25 heavy (non-hydrogen) atoms. The van der Waals surface area contributed by atoms with E-state index in [1.54, 1.807) is 36.4 Å². The maximum absolute atomic E-state index is 12.5. The second-order valence-corrected chi connectivity index (χ2v) is 5.76. The normalized spacial score (nSPS) is 13.0. The molecule has 0 saturated heterocycles. The van der Waals surface area contributed by atoms with E-state index in [1.165, 1.54) is 0 Å². The fourth-order valence-electron chi connectivity index (χ4n) is 2.56. The van der Waals surface area contributed by atoms with Crippen molar-refractivity contribution in [2.24, 2.45) is 0 Å². The maximum atomic E-state index is 12.5. The van der Waals surface area contributed by atoms with Gasteiger partial charge in [-0.1, -0.05) is 12.1 Å². The van der Waals surface area contributed by atoms with Crippen LogP contribution in [0.25, 0.3) is 0 Å². The lowest BCUT2D eigenvalue weighted by molar-refractivity contribution is -0.136. The van der Waals surface area contributed by atoms with Crippen LogP contribution in [0.5, 0.6) is 11.5 Å². The molecule has 0 spiro atoms. The highest BCUT2D eigenvalue weighted by Gasteiger charge is 2.14. The molecule has 1 aliphatic rings. The minimum atomic E-state index is -0.846. The molecular weight excluding hydrogens is 322 g/mol. The molecule has 0 aliphatic carbocycles. The molecule has 2 aromatic rings. The molecule has 0 saturated carbocycles. The number of ether oxygens (including phenoxy) is 2. The predicted molar refractivity (Wildman–Crippen MR) is 92.4 cm³/mol. The molecular formula is C19H19NO5. The van der Waals surface area contributed by atoms with Gasteiger partial charge < -0.3 is 19.9 Å². The van der Waals surface area contributed by atoms with Crippen LogP contribution in [0.1, 0.15) is 28.8 Å². The fraction of sp³-hybridized carbons (Fsp3) is 0.263. The molecule has 0 radical (unpaired) electrons. The maximum Gasteiger partial charge on any atom is 0.303 e. The largest absolute Gasteiger partial charge is 0.490 e. The molecule has 0 atom stereocenters. The zero-order valence-electron chi connectivity index (χ0n) is 13.7. The minimum absolute atomic E-state index is 0.0551. The number of benzene rings is 2. The van der Waals surface area contributed by atoms with Gasteiger partial charge in [0, 0.05) is 24.1 Å². The Hall–Kier alpha value is -3.02. The minimum Gasteiger partial charge on any atom is -0.490 e. The van der Waals surface area contributed by atoms with Crippen LogP contribution in [0.3, 0.4) is 0 Å². The first-order chi connectivity index (χ1) is 12.1. The number of carboxylic acid groups (broad SMARTS) is 1. The molecule has 0 aromatic heterocycles. The fourth-order valence-corrected chi connectivity index (χ4v) is 2.56. The number of hydrogen-bond donors (Lipinski definition) is 2. The molecule has 0 fully saturated rings. The number of nitrogens with one attached hydrogen (secondary N) is 1. The second kappa shape index (κ2) is 7.70. The van der Waals surface area contributed by atoms with Gasteiger partial charge in [0.2, 0.25) is 0 Å². The topological polar surface area (TPSA) is 84.9 Å². The molecule has 1 heterocycles. The standard InChI is InChI=1S/C19H19NO5/c21-18(22)8-5-13-3-1-4-15(11-13)20-19(23)14-6-7-16-17(12-14)25-10-2-9-24-16/h1,3-4,6-7,11-12H,2,5,8-10H2,(H,20,23)(H,21,22). The van der Waals surface area contributed by atoms with Crippen molar-refractivity contribution in [1.29, 1.82) is 0 Å². The van der Waals surface area contributed by atoms with Gasteiger partial charge >= 0.3 is 5.97 Å². The number of amides is 1. The van der Waals surface area contributed by atoms with Gasteiger partial charge in [-0.15, -0.1) is 0 Å². The number of aryl methyl sites for hydroxylation is 1. The number of rotatable bonds is 5. The van der Waals surface area contributed by atoms with Gasteiger partial charge in [0.25, 0.3) is 5.91 Å². The molecule has 6 nitrogen and oxygen atoms in total. The Kier molecular flexibility index (Phi) is 5.18. The quantitative estimate of drug-likeness (QED) is 0.873. The summed E-state index contributed by atoms with van der Waals surface area (Å²) < 4.78 is 11.2. The Labute approximate surface area is 145 Å². The summed E-state index contributed by atoms with van der Waals surface area (Å²) in [6.45, 7) is 1.16. The van der Waals surface area contributed by atoms with Gasteiger partial charge in [-0.05, 0) is 42.3 Å². The first-order valence-electron chi connectivity index (χ1n) is 8.13. The lowest BCUT2D eigenvalue weighted by Gasteiger charge is -2.10. The molecule has 2 N–H and O–H groups in total. The first kappa shape index (κ1) is 16.8. The molecule has 3 rings (SSSR count). The lowest BCUT2D eigenvalue weighted by Crippen LogP contribution is -2.12. The van der Waals surface area contributed by atoms with E-state index in [9.17, 15) is 9.59 Å². The molecule has 0 unspecified atom stereocenters. The first-order valence-corrected chi connectivity index (χ1v) is 8.13. The molecule has 0 bridgehead atoms. The average Bonchev–Trinajstić information content (AvgIpc) is 2.85. The van der Waals surface area contributed by atoms with Crippen molar-refractivity contribution in [2.75, 3.05) is 18.5 Å². The zero-order chi connectivity index (χ0) is 17.6. The van der Waals surface area contributed by atoms with Crippen LogP contribution >= 0.6 is 0 Å². The number of carboxylic acids is 1. The van der Waals surface area contributed by atoms with Crippen molar-refractivity contribution < 1.29 is 24.2 Å². The van der Waals surface area contributed by atoms with Crippen LogP contribution in [-0.4, -0.2) is 30.2 Å². The van der Waals surface area contributed by atoms with E-state index in [2.05, 4.69) is 5.32 Å². The number of aliphatic carboxylic acids is 1. The second-order valence-electron chi connectivity index (χ2n) is 5.76. The molecule has 2 aromatic carbocycles. The lowest BCUT2D eigenvalue weighted by atomic mass is 10.1. The SMILES string of the molecule is O=C(O)CCc1cccc(NC(=O)c2ccc3c(c2)OCCCO3)c1. The highest BCUT2D eigenvalue weighted by Crippen LogP contribution is 2.30. The summed E-state index contributed by atoms with van der Waals surface area (Å²) in [7, 11) is 0. The molecule has 6 heteroatoms. The summed E-state index contributed by atoms with van der Waals surface area (Å²) in [6.07, 6.45) is 1.28. The van der Waals surface area contributed by atoms with Crippen molar-refractivity contribution in [3.05, 3.63) is 53.6 Å². The summed E-state index contributed by atoms with van der Waals surface area (Å²) in [5.74, 6) is 0.109. The highest BCUT2D eigenvalue weighted by molar-refractivity contribution is 6.04. The highest BCUT2D eigenvalue weighted by atomic mass is 16.5. The van der Waals surface area contributed by atoms with Gasteiger partial charge in [-0.25, -0.2) is 0 Å². The van der Waals surface area contributed by atoms with Gasteiger partial charge in [-0.3, -0.25) is 9.59 Å². The van der Waals surface area contributed by atoms with Crippen LogP contribution in [0, 0.1) is 0 Å².